The maximum atomic E-state index is 12.1. The molecule has 0 atom stereocenters. The number of aromatic nitrogens is 1. The molecular formula is C17H15F3N4O2S. The number of guanidine groups is 1. The number of thiophene rings is 1. The zero-order valence-electron chi connectivity index (χ0n) is 13.9. The Labute approximate surface area is 156 Å². The Kier molecular flexibility index (Phi) is 5.65. The second-order valence-corrected chi connectivity index (χ2v) is 6.32. The summed E-state index contributed by atoms with van der Waals surface area (Å²) in [6.07, 6.45) is -3.17. The van der Waals surface area contributed by atoms with Crippen molar-refractivity contribution in [2.75, 3.05) is 0 Å². The number of halogens is 3. The number of nitrogens with one attached hydrogen (secondary N) is 1. The topological polar surface area (TPSA) is 85.7 Å². The van der Waals surface area contributed by atoms with Gasteiger partial charge in [-0.2, -0.15) is 0 Å². The van der Waals surface area contributed by atoms with Gasteiger partial charge in [-0.15, -0.1) is 24.5 Å². The first-order valence-corrected chi connectivity index (χ1v) is 8.64. The Morgan fingerprint density at radius 1 is 1.26 bits per heavy atom. The predicted octanol–water partition coefficient (Wildman–Crippen LogP) is 3.91. The van der Waals surface area contributed by atoms with Gasteiger partial charge in [0.1, 0.15) is 12.0 Å². The van der Waals surface area contributed by atoms with E-state index in [2.05, 4.69) is 20.0 Å². The Bertz CT molecular complexity index is 890. The van der Waals surface area contributed by atoms with E-state index in [0.29, 0.717) is 23.7 Å². The molecule has 0 aliphatic heterocycles. The SMILES string of the molecule is NC(=NCc1ccc(OC(F)(F)F)cc1)NCc1coc(-c2cccs2)n1. The lowest BCUT2D eigenvalue weighted by molar-refractivity contribution is -0.274. The van der Waals surface area contributed by atoms with Crippen molar-refractivity contribution in [3.8, 4) is 16.5 Å². The van der Waals surface area contributed by atoms with Gasteiger partial charge in [0.15, 0.2) is 5.96 Å². The van der Waals surface area contributed by atoms with Crippen molar-refractivity contribution in [3.05, 3.63) is 59.3 Å². The number of benzene rings is 1. The molecular weight excluding hydrogens is 381 g/mol. The molecule has 0 fully saturated rings. The lowest BCUT2D eigenvalue weighted by atomic mass is 10.2. The molecule has 0 unspecified atom stereocenters. The van der Waals surface area contributed by atoms with Gasteiger partial charge in [0.2, 0.25) is 5.89 Å². The highest BCUT2D eigenvalue weighted by Gasteiger charge is 2.30. The normalized spacial score (nSPS) is 12.2. The number of alkyl halides is 3. The van der Waals surface area contributed by atoms with E-state index in [9.17, 15) is 13.2 Å². The summed E-state index contributed by atoms with van der Waals surface area (Å²) in [7, 11) is 0. The van der Waals surface area contributed by atoms with Gasteiger partial charge in [-0.3, -0.25) is 0 Å². The molecule has 3 N–H and O–H groups in total. The van der Waals surface area contributed by atoms with Crippen molar-refractivity contribution in [3.63, 3.8) is 0 Å². The van der Waals surface area contributed by atoms with Crippen molar-refractivity contribution in [1.29, 1.82) is 0 Å². The molecule has 0 aliphatic carbocycles. The molecule has 0 saturated heterocycles. The van der Waals surface area contributed by atoms with Gasteiger partial charge in [-0.25, -0.2) is 9.98 Å². The van der Waals surface area contributed by atoms with Crippen LogP contribution in [0.3, 0.4) is 0 Å². The summed E-state index contributed by atoms with van der Waals surface area (Å²) < 4.78 is 45.6. The van der Waals surface area contributed by atoms with Gasteiger partial charge >= 0.3 is 6.36 Å². The number of ether oxygens (including phenoxy) is 1. The third-order valence-electron chi connectivity index (χ3n) is 3.32. The fraction of sp³-hybridized carbons (Fsp3) is 0.176. The second-order valence-electron chi connectivity index (χ2n) is 5.37. The Hall–Kier alpha value is -3.01. The van der Waals surface area contributed by atoms with Gasteiger partial charge in [-0.05, 0) is 29.1 Å². The van der Waals surface area contributed by atoms with Crippen LogP contribution in [0, 0.1) is 0 Å². The number of hydrogen-bond acceptors (Lipinski definition) is 5. The molecule has 0 bridgehead atoms. The van der Waals surface area contributed by atoms with E-state index in [1.54, 1.807) is 0 Å². The zero-order valence-corrected chi connectivity index (χ0v) is 14.7. The fourth-order valence-corrected chi connectivity index (χ4v) is 2.77. The average Bonchev–Trinajstić information content (AvgIpc) is 3.29. The van der Waals surface area contributed by atoms with Crippen LogP contribution < -0.4 is 15.8 Å². The van der Waals surface area contributed by atoms with E-state index in [1.807, 2.05) is 17.5 Å². The minimum absolute atomic E-state index is 0.186. The molecule has 6 nitrogen and oxygen atoms in total. The maximum absolute atomic E-state index is 12.1. The lowest BCUT2D eigenvalue weighted by Crippen LogP contribution is -2.31. The standard InChI is InChI=1S/C17H15F3N4O2S/c18-17(19,20)26-13-5-3-11(4-6-13)8-22-16(21)23-9-12-10-25-15(24-12)14-2-1-7-27-14/h1-7,10H,8-9H2,(H3,21,22,23). The van der Waals surface area contributed by atoms with Crippen LogP contribution in [0.1, 0.15) is 11.3 Å². The highest BCUT2D eigenvalue weighted by molar-refractivity contribution is 7.13. The molecule has 0 radical (unpaired) electrons. The fourth-order valence-electron chi connectivity index (χ4n) is 2.11. The first-order chi connectivity index (χ1) is 12.9. The molecule has 3 rings (SSSR count). The van der Waals surface area contributed by atoms with Gasteiger partial charge in [0, 0.05) is 0 Å². The van der Waals surface area contributed by atoms with Gasteiger partial charge in [0.25, 0.3) is 0 Å². The van der Waals surface area contributed by atoms with Crippen molar-refractivity contribution in [1.82, 2.24) is 10.3 Å². The molecule has 142 valence electrons. The smallest absolute Gasteiger partial charge is 0.443 e. The number of nitrogens with zero attached hydrogens (tertiary/aromatic N) is 2. The summed E-state index contributed by atoms with van der Waals surface area (Å²) in [6, 6.07) is 9.25. The van der Waals surface area contributed by atoms with E-state index in [0.717, 1.165) is 4.88 Å². The van der Waals surface area contributed by atoms with E-state index in [-0.39, 0.29) is 18.3 Å². The molecule has 0 aliphatic rings. The number of rotatable bonds is 6. The third kappa shape index (κ3) is 5.74. The summed E-state index contributed by atoms with van der Waals surface area (Å²) in [5, 5.41) is 4.84. The van der Waals surface area contributed by atoms with Crippen LogP contribution in [0.25, 0.3) is 10.8 Å². The molecule has 0 amide bonds. The molecule has 3 aromatic rings. The van der Waals surface area contributed by atoms with Crippen LogP contribution in [0.5, 0.6) is 5.75 Å². The van der Waals surface area contributed by atoms with Crippen molar-refractivity contribution >= 4 is 17.3 Å². The molecule has 0 spiro atoms. The Morgan fingerprint density at radius 2 is 2.04 bits per heavy atom. The Morgan fingerprint density at radius 3 is 2.70 bits per heavy atom. The van der Waals surface area contributed by atoms with Crippen LogP contribution in [0.2, 0.25) is 0 Å². The molecule has 2 heterocycles. The monoisotopic (exact) mass is 396 g/mol. The molecule has 1 aromatic carbocycles. The number of hydrogen-bond donors (Lipinski definition) is 2. The van der Waals surface area contributed by atoms with Crippen LogP contribution >= 0.6 is 11.3 Å². The van der Waals surface area contributed by atoms with Crippen LogP contribution in [-0.4, -0.2) is 17.3 Å². The predicted molar refractivity (Wildman–Crippen MR) is 95.1 cm³/mol. The molecule has 10 heteroatoms. The summed E-state index contributed by atoms with van der Waals surface area (Å²) in [5.41, 5.74) is 7.15. The summed E-state index contributed by atoms with van der Waals surface area (Å²) in [5.74, 6) is 0.443. The summed E-state index contributed by atoms with van der Waals surface area (Å²) >= 11 is 1.53. The Balaban J connectivity index is 1.49. The van der Waals surface area contributed by atoms with Crippen LogP contribution in [-0.2, 0) is 13.1 Å². The summed E-state index contributed by atoms with van der Waals surface area (Å²) in [4.78, 5) is 9.41. The van der Waals surface area contributed by atoms with Gasteiger partial charge in [-0.1, -0.05) is 18.2 Å². The number of oxazole rings is 1. The maximum Gasteiger partial charge on any atom is 0.573 e. The highest BCUT2D eigenvalue weighted by Crippen LogP contribution is 2.24. The van der Waals surface area contributed by atoms with Gasteiger partial charge in [0.05, 0.1) is 23.7 Å². The second kappa shape index (κ2) is 8.12. The zero-order chi connectivity index (χ0) is 19.3. The average molecular weight is 396 g/mol. The van der Waals surface area contributed by atoms with E-state index >= 15 is 0 Å². The van der Waals surface area contributed by atoms with E-state index < -0.39 is 6.36 Å². The third-order valence-corrected chi connectivity index (χ3v) is 4.18. The van der Waals surface area contributed by atoms with Crippen LogP contribution in [0.15, 0.2) is 57.5 Å². The first-order valence-electron chi connectivity index (χ1n) is 7.76. The van der Waals surface area contributed by atoms with Gasteiger partial charge < -0.3 is 20.2 Å². The molecule has 0 saturated carbocycles. The lowest BCUT2D eigenvalue weighted by Gasteiger charge is -2.09. The molecule has 27 heavy (non-hydrogen) atoms. The number of nitrogens with two attached hydrogens (primary N) is 1. The highest BCUT2D eigenvalue weighted by atomic mass is 32.1. The van der Waals surface area contributed by atoms with E-state index in [1.165, 1.54) is 41.9 Å². The minimum Gasteiger partial charge on any atom is -0.443 e. The van der Waals surface area contributed by atoms with Crippen LogP contribution in [0.4, 0.5) is 13.2 Å². The largest absolute Gasteiger partial charge is 0.573 e. The number of aliphatic imine (C=N–C) groups is 1. The summed E-state index contributed by atoms with van der Waals surface area (Å²) in [6.45, 7) is 0.549. The van der Waals surface area contributed by atoms with E-state index in [4.69, 9.17) is 10.2 Å². The van der Waals surface area contributed by atoms with Crippen molar-refractivity contribution in [2.45, 2.75) is 19.5 Å². The first kappa shape index (κ1) is 18.8. The molecule has 2 aromatic heterocycles. The van der Waals surface area contributed by atoms with Crippen molar-refractivity contribution in [2.24, 2.45) is 10.7 Å². The quantitative estimate of drug-likeness (QED) is 0.487. The van der Waals surface area contributed by atoms with Crippen molar-refractivity contribution < 1.29 is 22.3 Å². The minimum atomic E-state index is -4.71.